The molecule has 86 valence electrons. The standard InChI is InChI=1S/C5H7N4O4S.3Li.H2O/c10-5-8-3-7-4(9-5)6-1-2-14(11,12)13;;;;/h1-2H2,(H,11,12,13)(H2,6,7,8,9,10);;;;1H2/q-1;3*+1;/p-3. The van der Waals surface area contributed by atoms with Crippen LogP contribution in [0.4, 0.5) is 5.95 Å². The second-order valence-corrected chi connectivity index (χ2v) is 3.75. The van der Waals surface area contributed by atoms with Gasteiger partial charge in [0.25, 0.3) is 0 Å². The first-order valence-electron chi connectivity index (χ1n) is 3.44. The van der Waals surface area contributed by atoms with Gasteiger partial charge in [-0.05, 0) is 0 Å². The van der Waals surface area contributed by atoms with E-state index in [0.717, 1.165) is 0 Å². The summed E-state index contributed by atoms with van der Waals surface area (Å²) >= 11 is 0. The third-order valence-electron chi connectivity index (χ3n) is 1.14. The molecule has 0 saturated heterocycles. The van der Waals surface area contributed by atoms with E-state index in [1.807, 2.05) is 6.33 Å². The van der Waals surface area contributed by atoms with Crippen LogP contribution < -0.4 is 67.0 Å². The summed E-state index contributed by atoms with van der Waals surface area (Å²) in [5, 5.41) is 12.9. The predicted octanol–water partition coefficient (Wildman–Crippen LogP) is -11.5. The molecule has 0 aliphatic rings. The first kappa shape index (κ1) is 26.8. The fourth-order valence-electron chi connectivity index (χ4n) is 0.623. The summed E-state index contributed by atoms with van der Waals surface area (Å²) in [6.07, 6.45) is 2.01. The summed E-state index contributed by atoms with van der Waals surface area (Å²) < 4.78 is 30.5. The summed E-state index contributed by atoms with van der Waals surface area (Å²) in [6.45, 7) is -0.164. The topological polar surface area (TPSA) is 161 Å². The molecule has 2 N–H and O–H groups in total. The van der Waals surface area contributed by atoms with Gasteiger partial charge in [0.15, 0.2) is 0 Å². The van der Waals surface area contributed by atoms with E-state index in [1.54, 1.807) is 0 Å². The SMILES string of the molecule is O=S(=O)([O-])CCNc1n[c-]nc([O-])n1.[Li+].[Li+].[Li+].[OH-]. The molecular weight excluding hydrogens is 249 g/mol. The third kappa shape index (κ3) is 12.7. The molecule has 0 bridgehead atoms. The van der Waals surface area contributed by atoms with Gasteiger partial charge in [0.05, 0.1) is 15.9 Å². The first-order valence-corrected chi connectivity index (χ1v) is 5.02. The van der Waals surface area contributed by atoms with Crippen molar-refractivity contribution < 1.29 is 80.1 Å². The first-order chi connectivity index (χ1) is 6.47. The molecule has 1 rings (SSSR count). The molecular formula is C5H6Li3N4O5S-. The second kappa shape index (κ2) is 12.3. The zero-order chi connectivity index (χ0) is 10.6. The molecule has 0 fully saturated rings. The van der Waals surface area contributed by atoms with E-state index in [1.165, 1.54) is 0 Å². The molecule has 1 heterocycles. The van der Waals surface area contributed by atoms with Crippen LogP contribution in [0.15, 0.2) is 0 Å². The van der Waals surface area contributed by atoms with Gasteiger partial charge < -0.3 is 35.4 Å². The molecule has 0 radical (unpaired) electrons. The molecule has 0 amide bonds. The van der Waals surface area contributed by atoms with Crippen molar-refractivity contribution in [1.82, 2.24) is 15.0 Å². The number of nitrogens with zero attached hydrogens (tertiary/aromatic N) is 3. The van der Waals surface area contributed by atoms with Crippen molar-refractivity contribution in [2.75, 3.05) is 17.6 Å². The van der Waals surface area contributed by atoms with Crippen molar-refractivity contribution in [3.8, 4) is 6.01 Å². The molecule has 0 atom stereocenters. The van der Waals surface area contributed by atoms with Crippen LogP contribution in [0.5, 0.6) is 6.01 Å². The molecule has 13 heteroatoms. The minimum absolute atomic E-state index is 0. The Hall–Kier alpha value is 0.272. The summed E-state index contributed by atoms with van der Waals surface area (Å²) in [5.41, 5.74) is 0. The van der Waals surface area contributed by atoms with E-state index in [0.29, 0.717) is 0 Å². The molecule has 9 nitrogen and oxygen atoms in total. The van der Waals surface area contributed by atoms with Crippen molar-refractivity contribution in [2.45, 2.75) is 0 Å². The number of hydrogen-bond acceptors (Lipinski definition) is 9. The molecule has 0 spiro atoms. The zero-order valence-electron chi connectivity index (χ0n) is 10.2. The predicted molar refractivity (Wildman–Crippen MR) is 43.1 cm³/mol. The van der Waals surface area contributed by atoms with Crippen LogP contribution in [0.3, 0.4) is 0 Å². The van der Waals surface area contributed by atoms with Crippen LogP contribution in [0, 0.1) is 6.33 Å². The normalized spacial score (nSPS) is 8.72. The molecule has 0 unspecified atom stereocenters. The molecule has 18 heavy (non-hydrogen) atoms. The summed E-state index contributed by atoms with van der Waals surface area (Å²) in [7, 11) is -4.28. The van der Waals surface area contributed by atoms with Crippen LogP contribution in [0.2, 0.25) is 0 Å². The Labute approximate surface area is 140 Å². The summed E-state index contributed by atoms with van der Waals surface area (Å²) in [6, 6.07) is -0.785. The van der Waals surface area contributed by atoms with Gasteiger partial charge in [-0.3, -0.25) is 0 Å². The van der Waals surface area contributed by atoms with Gasteiger partial charge in [-0.15, -0.1) is 0 Å². The number of aromatic nitrogens is 3. The zero-order valence-corrected chi connectivity index (χ0v) is 11.1. The fraction of sp³-hybridized carbons (Fsp3) is 0.400. The maximum atomic E-state index is 10.5. The Morgan fingerprint density at radius 1 is 1.22 bits per heavy atom. The van der Waals surface area contributed by atoms with Crippen LogP contribution in [0.1, 0.15) is 0 Å². The Balaban J connectivity index is -0.000000245. The van der Waals surface area contributed by atoms with Crippen LogP contribution >= 0.6 is 0 Å². The van der Waals surface area contributed by atoms with Gasteiger partial charge in [-0.2, -0.15) is 0 Å². The van der Waals surface area contributed by atoms with Crippen LogP contribution in [-0.4, -0.2) is 45.7 Å². The largest absolute Gasteiger partial charge is 1.00 e. The summed E-state index contributed by atoms with van der Waals surface area (Å²) in [5.74, 6) is -0.707. The summed E-state index contributed by atoms with van der Waals surface area (Å²) in [4.78, 5) is 9.75. The van der Waals surface area contributed by atoms with Gasteiger partial charge in [0, 0.05) is 12.9 Å². The monoisotopic (exact) mass is 255 g/mol. The molecule has 1 aromatic heterocycles. The van der Waals surface area contributed by atoms with Crippen molar-refractivity contribution in [1.29, 1.82) is 0 Å². The molecule has 0 aliphatic carbocycles. The molecule has 1 aromatic rings. The van der Waals surface area contributed by atoms with Gasteiger partial charge in [-0.1, -0.05) is 6.01 Å². The number of rotatable bonds is 4. The number of hydrogen-bond donors (Lipinski definition) is 1. The minimum atomic E-state index is -4.28. The molecule has 0 aliphatic heterocycles. The quantitative estimate of drug-likeness (QED) is 0.312. The maximum Gasteiger partial charge on any atom is 1.00 e. The Kier molecular flexibility index (Phi) is 18.3. The number of anilines is 1. The molecule has 0 saturated carbocycles. The second-order valence-electron chi connectivity index (χ2n) is 2.23. The third-order valence-corrected chi connectivity index (χ3v) is 1.84. The smallest absolute Gasteiger partial charge is 0.902 e. The van der Waals surface area contributed by atoms with Crippen LogP contribution in [0.25, 0.3) is 0 Å². The van der Waals surface area contributed by atoms with E-state index in [9.17, 15) is 18.1 Å². The fourth-order valence-corrected chi connectivity index (χ4v) is 0.975. The van der Waals surface area contributed by atoms with E-state index in [-0.39, 0.29) is 74.6 Å². The van der Waals surface area contributed by atoms with Gasteiger partial charge in [-0.25, -0.2) is 8.42 Å². The van der Waals surface area contributed by atoms with E-state index in [4.69, 9.17) is 0 Å². The van der Waals surface area contributed by atoms with Gasteiger partial charge in [0.2, 0.25) is 0 Å². The Morgan fingerprint density at radius 3 is 2.22 bits per heavy atom. The molecule has 0 aromatic carbocycles. The average molecular weight is 255 g/mol. The van der Waals surface area contributed by atoms with Gasteiger partial charge in [0.1, 0.15) is 5.95 Å². The van der Waals surface area contributed by atoms with E-state index < -0.39 is 21.9 Å². The average Bonchev–Trinajstić information content (AvgIpc) is 2.01. The minimum Gasteiger partial charge on any atom is -0.902 e. The van der Waals surface area contributed by atoms with Crippen molar-refractivity contribution >= 4 is 16.1 Å². The Bertz CT molecular complexity index is 419. The van der Waals surface area contributed by atoms with Gasteiger partial charge >= 0.3 is 56.6 Å². The maximum absolute atomic E-state index is 10.5. The van der Waals surface area contributed by atoms with Crippen molar-refractivity contribution in [3.63, 3.8) is 0 Å². The van der Waals surface area contributed by atoms with Crippen LogP contribution in [-0.2, 0) is 10.1 Å². The Morgan fingerprint density at radius 2 is 1.78 bits per heavy atom. The van der Waals surface area contributed by atoms with Crippen molar-refractivity contribution in [2.24, 2.45) is 0 Å². The van der Waals surface area contributed by atoms with E-state index in [2.05, 4.69) is 20.3 Å². The number of nitrogens with one attached hydrogen (secondary N) is 1. The van der Waals surface area contributed by atoms with E-state index >= 15 is 0 Å². The van der Waals surface area contributed by atoms with Crippen molar-refractivity contribution in [3.05, 3.63) is 6.33 Å².